The van der Waals surface area contributed by atoms with E-state index in [0.717, 1.165) is 0 Å². The summed E-state index contributed by atoms with van der Waals surface area (Å²) >= 11 is 0. The van der Waals surface area contributed by atoms with Crippen LogP contribution < -0.4 is 0 Å². The first-order valence-electron chi connectivity index (χ1n) is 6.79. The standard InChI is InChI=1S/C14H21NO4/c1-13(2,3)19-12(18)15-8-6-14(7-9-15)10(16)4-5-11(14)17/h4-9H2,1-3H3. The van der Waals surface area contributed by atoms with E-state index in [-0.39, 0.29) is 17.7 Å². The highest BCUT2D eigenvalue weighted by molar-refractivity contribution is 6.13. The van der Waals surface area contributed by atoms with Crippen molar-refractivity contribution in [3.05, 3.63) is 0 Å². The summed E-state index contributed by atoms with van der Waals surface area (Å²) in [5, 5.41) is 0. The van der Waals surface area contributed by atoms with Gasteiger partial charge in [-0.05, 0) is 33.6 Å². The van der Waals surface area contributed by atoms with Crippen LogP contribution in [0.1, 0.15) is 46.5 Å². The minimum absolute atomic E-state index is 0.0568. The summed E-state index contributed by atoms with van der Waals surface area (Å²) in [6.45, 7) is 6.31. The fourth-order valence-corrected chi connectivity index (χ4v) is 2.82. The van der Waals surface area contributed by atoms with Crippen molar-refractivity contribution < 1.29 is 19.1 Å². The number of nitrogens with zero attached hydrogens (tertiary/aromatic N) is 1. The quantitative estimate of drug-likeness (QED) is 0.629. The van der Waals surface area contributed by atoms with E-state index in [4.69, 9.17) is 4.74 Å². The third-order valence-electron chi connectivity index (χ3n) is 3.92. The van der Waals surface area contributed by atoms with Gasteiger partial charge in [-0.1, -0.05) is 0 Å². The molecule has 1 aliphatic carbocycles. The molecule has 2 fully saturated rings. The first-order valence-corrected chi connectivity index (χ1v) is 6.79. The summed E-state index contributed by atoms with van der Waals surface area (Å²) < 4.78 is 5.30. The molecule has 0 atom stereocenters. The van der Waals surface area contributed by atoms with Gasteiger partial charge in [0.25, 0.3) is 0 Å². The smallest absolute Gasteiger partial charge is 0.410 e. The molecule has 0 aromatic heterocycles. The van der Waals surface area contributed by atoms with Crippen molar-refractivity contribution in [1.82, 2.24) is 4.90 Å². The van der Waals surface area contributed by atoms with Crippen LogP contribution in [0.4, 0.5) is 4.79 Å². The predicted molar refractivity (Wildman–Crippen MR) is 68.7 cm³/mol. The number of piperidine rings is 1. The summed E-state index contributed by atoms with van der Waals surface area (Å²) in [5.41, 5.74) is -1.32. The molecule has 0 aromatic carbocycles. The zero-order valence-electron chi connectivity index (χ0n) is 11.8. The van der Waals surface area contributed by atoms with Gasteiger partial charge in [-0.3, -0.25) is 9.59 Å². The van der Waals surface area contributed by atoms with Crippen molar-refractivity contribution in [1.29, 1.82) is 0 Å². The Labute approximate surface area is 113 Å². The summed E-state index contributed by atoms with van der Waals surface area (Å²) in [7, 11) is 0. The molecule has 0 radical (unpaired) electrons. The number of hydrogen-bond acceptors (Lipinski definition) is 4. The molecule has 2 rings (SSSR count). The summed E-state index contributed by atoms with van der Waals surface area (Å²) in [4.78, 5) is 37.3. The monoisotopic (exact) mass is 267 g/mol. The molecule has 1 amide bonds. The Balaban J connectivity index is 1.98. The SMILES string of the molecule is CC(C)(C)OC(=O)N1CCC2(CC1)C(=O)CCC2=O. The fraction of sp³-hybridized carbons (Fsp3) is 0.786. The molecule has 1 saturated heterocycles. The lowest BCUT2D eigenvalue weighted by Gasteiger charge is -2.37. The molecule has 5 heteroatoms. The third kappa shape index (κ3) is 2.65. The van der Waals surface area contributed by atoms with Crippen molar-refractivity contribution in [3.63, 3.8) is 0 Å². The molecule has 0 unspecified atom stereocenters. The number of ketones is 2. The van der Waals surface area contributed by atoms with Gasteiger partial charge in [-0.15, -0.1) is 0 Å². The highest BCUT2D eigenvalue weighted by Gasteiger charge is 2.51. The second-order valence-corrected chi connectivity index (χ2v) is 6.40. The van der Waals surface area contributed by atoms with Gasteiger partial charge in [-0.25, -0.2) is 4.79 Å². The van der Waals surface area contributed by atoms with Crippen molar-refractivity contribution in [2.75, 3.05) is 13.1 Å². The van der Waals surface area contributed by atoms with E-state index >= 15 is 0 Å². The van der Waals surface area contributed by atoms with Crippen LogP contribution in [0.3, 0.4) is 0 Å². The number of Topliss-reactive ketones (excluding diaryl/α,β-unsaturated/α-hetero) is 2. The number of rotatable bonds is 0. The number of carbonyl (C=O) groups is 3. The minimum atomic E-state index is -0.793. The Bertz CT molecular complexity index is 396. The van der Waals surface area contributed by atoms with E-state index in [9.17, 15) is 14.4 Å². The minimum Gasteiger partial charge on any atom is -0.444 e. The second-order valence-electron chi connectivity index (χ2n) is 6.40. The summed E-state index contributed by atoms with van der Waals surface area (Å²) in [5.74, 6) is 0.114. The largest absolute Gasteiger partial charge is 0.444 e. The number of ether oxygens (including phenoxy) is 1. The molecule has 106 valence electrons. The molecule has 1 aliphatic heterocycles. The van der Waals surface area contributed by atoms with E-state index < -0.39 is 11.0 Å². The molecule has 0 N–H and O–H groups in total. The number of amides is 1. The van der Waals surface area contributed by atoms with Gasteiger partial charge in [0, 0.05) is 25.9 Å². The normalized spacial score (nSPS) is 23.0. The molecule has 5 nitrogen and oxygen atoms in total. The fourth-order valence-electron chi connectivity index (χ4n) is 2.82. The lowest BCUT2D eigenvalue weighted by Crippen LogP contribution is -2.48. The molecule has 0 aromatic rings. The van der Waals surface area contributed by atoms with Crippen LogP contribution in [0.15, 0.2) is 0 Å². The van der Waals surface area contributed by atoms with E-state index in [1.54, 1.807) is 4.90 Å². The van der Waals surface area contributed by atoms with Crippen molar-refractivity contribution in [2.24, 2.45) is 5.41 Å². The topological polar surface area (TPSA) is 63.7 Å². The van der Waals surface area contributed by atoms with E-state index in [0.29, 0.717) is 38.8 Å². The van der Waals surface area contributed by atoms with Crippen molar-refractivity contribution >= 4 is 17.7 Å². The Morgan fingerprint density at radius 3 is 2.00 bits per heavy atom. The zero-order chi connectivity index (χ0) is 14.3. The zero-order valence-corrected chi connectivity index (χ0v) is 11.8. The van der Waals surface area contributed by atoms with Gasteiger partial charge < -0.3 is 9.64 Å². The van der Waals surface area contributed by atoms with Gasteiger partial charge in [0.15, 0.2) is 0 Å². The van der Waals surface area contributed by atoms with Crippen LogP contribution in [0.5, 0.6) is 0 Å². The molecular weight excluding hydrogens is 246 g/mol. The Hall–Kier alpha value is -1.39. The van der Waals surface area contributed by atoms with Crippen LogP contribution in [0, 0.1) is 5.41 Å². The third-order valence-corrected chi connectivity index (χ3v) is 3.92. The summed E-state index contributed by atoms with van der Waals surface area (Å²) in [6.07, 6.45) is 1.27. The van der Waals surface area contributed by atoms with Crippen LogP contribution >= 0.6 is 0 Å². The molecule has 1 spiro atoms. The highest BCUT2D eigenvalue weighted by atomic mass is 16.6. The second kappa shape index (κ2) is 4.62. The molecular formula is C14H21NO4. The lowest BCUT2D eigenvalue weighted by atomic mass is 9.75. The van der Waals surface area contributed by atoms with Crippen LogP contribution in [-0.4, -0.2) is 41.3 Å². The first kappa shape index (κ1) is 14.0. The Kier molecular flexibility index (Phi) is 3.41. The Morgan fingerprint density at radius 1 is 1.11 bits per heavy atom. The highest BCUT2D eigenvalue weighted by Crippen LogP contribution is 2.41. The number of likely N-dealkylation sites (tertiary alicyclic amines) is 1. The van der Waals surface area contributed by atoms with Gasteiger partial charge in [0.2, 0.25) is 0 Å². The average molecular weight is 267 g/mol. The van der Waals surface area contributed by atoms with Crippen LogP contribution in [0.2, 0.25) is 0 Å². The molecule has 1 heterocycles. The first-order chi connectivity index (χ1) is 8.74. The van der Waals surface area contributed by atoms with Crippen LogP contribution in [-0.2, 0) is 14.3 Å². The van der Waals surface area contributed by atoms with Gasteiger partial charge in [0.05, 0.1) is 5.41 Å². The number of carbonyl (C=O) groups excluding carboxylic acids is 3. The predicted octanol–water partition coefficient (Wildman–Crippen LogP) is 1.94. The summed E-state index contributed by atoms with van der Waals surface area (Å²) in [6, 6.07) is 0. The maximum absolute atomic E-state index is 11.9. The van der Waals surface area contributed by atoms with E-state index in [1.807, 2.05) is 20.8 Å². The Morgan fingerprint density at radius 2 is 1.58 bits per heavy atom. The van der Waals surface area contributed by atoms with E-state index in [1.165, 1.54) is 0 Å². The van der Waals surface area contributed by atoms with E-state index in [2.05, 4.69) is 0 Å². The molecule has 1 saturated carbocycles. The van der Waals surface area contributed by atoms with Gasteiger partial charge in [0.1, 0.15) is 17.2 Å². The van der Waals surface area contributed by atoms with Gasteiger partial charge in [-0.2, -0.15) is 0 Å². The maximum Gasteiger partial charge on any atom is 0.410 e. The molecule has 19 heavy (non-hydrogen) atoms. The lowest BCUT2D eigenvalue weighted by molar-refractivity contribution is -0.138. The van der Waals surface area contributed by atoms with Gasteiger partial charge >= 0.3 is 6.09 Å². The van der Waals surface area contributed by atoms with Crippen LogP contribution in [0.25, 0.3) is 0 Å². The molecule has 2 aliphatic rings. The maximum atomic E-state index is 11.9. The molecule has 0 bridgehead atoms. The average Bonchev–Trinajstić information content (AvgIpc) is 2.57. The number of hydrogen-bond donors (Lipinski definition) is 0. The van der Waals surface area contributed by atoms with Crippen molar-refractivity contribution in [3.8, 4) is 0 Å². The van der Waals surface area contributed by atoms with Crippen molar-refractivity contribution in [2.45, 2.75) is 52.1 Å².